The number of hydrogen-bond donors (Lipinski definition) is 1. The summed E-state index contributed by atoms with van der Waals surface area (Å²) in [4.78, 5) is 25.8. The summed E-state index contributed by atoms with van der Waals surface area (Å²) >= 11 is 0. The summed E-state index contributed by atoms with van der Waals surface area (Å²) in [5.74, 6) is -0.890. The topological polar surface area (TPSA) is 66.8 Å². The van der Waals surface area contributed by atoms with E-state index < -0.39 is 5.97 Å². The molecule has 1 amide bonds. The molecule has 0 aromatic heterocycles. The van der Waals surface area contributed by atoms with Crippen LogP contribution in [0.3, 0.4) is 0 Å². The number of aromatic carboxylic acids is 1. The van der Waals surface area contributed by atoms with E-state index in [2.05, 4.69) is 24.3 Å². The fraction of sp³-hybridized carbons (Fsp3) is 0.231. The molecule has 156 valence electrons. The van der Waals surface area contributed by atoms with Crippen LogP contribution >= 0.6 is 0 Å². The van der Waals surface area contributed by atoms with Gasteiger partial charge >= 0.3 is 12.1 Å². The molecule has 1 heterocycles. The van der Waals surface area contributed by atoms with Gasteiger partial charge < -0.3 is 14.7 Å². The number of nitrogens with zero attached hydrogens (tertiary/aromatic N) is 1. The third-order valence-corrected chi connectivity index (χ3v) is 6.35. The second-order valence-corrected chi connectivity index (χ2v) is 8.08. The number of rotatable bonds is 3. The molecule has 0 saturated heterocycles. The molecule has 0 atom stereocenters. The highest BCUT2D eigenvalue weighted by atomic mass is 16.6. The largest absolute Gasteiger partial charge is 0.478 e. The number of carbonyl (C=O) groups is 2. The van der Waals surface area contributed by atoms with Crippen LogP contribution in [-0.2, 0) is 17.6 Å². The molecule has 3 aromatic carbocycles. The van der Waals surface area contributed by atoms with Crippen LogP contribution in [-0.4, -0.2) is 41.8 Å². The summed E-state index contributed by atoms with van der Waals surface area (Å²) in [6.45, 7) is 1.39. The number of hydrogen-bond acceptors (Lipinski definition) is 3. The summed E-state index contributed by atoms with van der Waals surface area (Å²) in [5, 5.41) is 9.23. The van der Waals surface area contributed by atoms with Crippen LogP contribution in [0.25, 0.3) is 11.1 Å². The molecule has 5 rings (SSSR count). The summed E-state index contributed by atoms with van der Waals surface area (Å²) in [5.41, 5.74) is 7.18. The summed E-state index contributed by atoms with van der Waals surface area (Å²) in [6.07, 6.45) is 1.01. The summed E-state index contributed by atoms with van der Waals surface area (Å²) < 4.78 is 5.79. The Morgan fingerprint density at radius 3 is 2.13 bits per heavy atom. The van der Waals surface area contributed by atoms with Crippen molar-refractivity contribution in [1.29, 1.82) is 0 Å². The molecule has 3 aromatic rings. The van der Waals surface area contributed by atoms with E-state index in [-0.39, 0.29) is 17.6 Å². The lowest BCUT2D eigenvalue weighted by Crippen LogP contribution is -2.34. The smallest absolute Gasteiger partial charge is 0.409 e. The molecule has 0 bridgehead atoms. The Labute approximate surface area is 180 Å². The van der Waals surface area contributed by atoms with Crippen molar-refractivity contribution >= 4 is 12.1 Å². The van der Waals surface area contributed by atoms with E-state index >= 15 is 0 Å². The van der Waals surface area contributed by atoms with E-state index in [0.717, 1.165) is 11.1 Å². The monoisotopic (exact) mass is 413 g/mol. The minimum Gasteiger partial charge on any atom is -0.478 e. The fourth-order valence-corrected chi connectivity index (χ4v) is 4.73. The first-order chi connectivity index (χ1) is 15.1. The van der Waals surface area contributed by atoms with Crippen LogP contribution < -0.4 is 0 Å². The first kappa shape index (κ1) is 19.4. The average molecular weight is 413 g/mol. The molecule has 0 spiro atoms. The van der Waals surface area contributed by atoms with E-state index in [1.807, 2.05) is 30.3 Å². The van der Waals surface area contributed by atoms with Gasteiger partial charge in [0.05, 0.1) is 5.56 Å². The lowest BCUT2D eigenvalue weighted by atomic mass is 9.98. The molecule has 5 heteroatoms. The van der Waals surface area contributed by atoms with Crippen LogP contribution in [0.2, 0.25) is 0 Å². The molecule has 0 saturated carbocycles. The maximum Gasteiger partial charge on any atom is 0.409 e. The maximum absolute atomic E-state index is 12.9. The third kappa shape index (κ3) is 3.56. The molecule has 0 fully saturated rings. The highest BCUT2D eigenvalue weighted by Crippen LogP contribution is 2.44. The van der Waals surface area contributed by atoms with E-state index in [0.29, 0.717) is 32.5 Å². The third-order valence-electron chi connectivity index (χ3n) is 6.35. The molecule has 0 unspecified atom stereocenters. The lowest BCUT2D eigenvalue weighted by molar-refractivity contribution is 0.0696. The zero-order chi connectivity index (χ0) is 21.4. The Bertz CT molecular complexity index is 1120. The first-order valence-electron chi connectivity index (χ1n) is 10.6. The van der Waals surface area contributed by atoms with Gasteiger partial charge in [-0.05, 0) is 58.4 Å². The Balaban J connectivity index is 1.28. The second-order valence-electron chi connectivity index (χ2n) is 8.08. The Hall–Kier alpha value is -3.60. The Morgan fingerprint density at radius 1 is 0.871 bits per heavy atom. The number of amides is 1. The summed E-state index contributed by atoms with van der Waals surface area (Å²) in [7, 11) is 0. The van der Waals surface area contributed by atoms with Crippen LogP contribution in [0.15, 0.2) is 66.7 Å². The second kappa shape index (κ2) is 7.91. The van der Waals surface area contributed by atoms with Crippen LogP contribution in [0, 0.1) is 0 Å². The number of carboxylic acids is 1. The molecule has 31 heavy (non-hydrogen) atoms. The number of carbonyl (C=O) groups excluding carboxylic acids is 1. The molecule has 1 N–H and O–H groups in total. The van der Waals surface area contributed by atoms with Crippen molar-refractivity contribution in [2.45, 2.75) is 18.8 Å². The number of carboxylic acid groups (broad SMARTS) is 1. The van der Waals surface area contributed by atoms with Crippen molar-refractivity contribution < 1.29 is 19.4 Å². The van der Waals surface area contributed by atoms with Crippen molar-refractivity contribution in [2.24, 2.45) is 0 Å². The van der Waals surface area contributed by atoms with Gasteiger partial charge in [0.1, 0.15) is 6.61 Å². The predicted molar refractivity (Wildman–Crippen MR) is 117 cm³/mol. The molecule has 2 aliphatic rings. The van der Waals surface area contributed by atoms with Crippen LogP contribution in [0.4, 0.5) is 4.79 Å². The highest BCUT2D eigenvalue weighted by molar-refractivity contribution is 5.88. The molecule has 1 aliphatic carbocycles. The SMILES string of the molecule is O=C(O)c1ccc2c(c1)CCN(C(=O)OCC1c3ccccc3-c3ccccc31)CC2. The van der Waals surface area contributed by atoms with Gasteiger partial charge in [0, 0.05) is 19.0 Å². The molecular weight excluding hydrogens is 390 g/mol. The molecule has 5 nitrogen and oxygen atoms in total. The van der Waals surface area contributed by atoms with E-state index in [9.17, 15) is 14.7 Å². The van der Waals surface area contributed by atoms with Crippen molar-refractivity contribution in [1.82, 2.24) is 4.90 Å². The van der Waals surface area contributed by atoms with Crippen LogP contribution in [0.1, 0.15) is 38.5 Å². The van der Waals surface area contributed by atoms with Crippen molar-refractivity contribution in [3.63, 3.8) is 0 Å². The molecule has 0 radical (unpaired) electrons. The van der Waals surface area contributed by atoms with Crippen molar-refractivity contribution in [3.8, 4) is 11.1 Å². The minimum atomic E-state index is -0.930. The minimum absolute atomic E-state index is 0.0404. The van der Waals surface area contributed by atoms with E-state index in [4.69, 9.17) is 4.74 Å². The Kier molecular flexibility index (Phi) is 4.94. The number of benzene rings is 3. The van der Waals surface area contributed by atoms with Gasteiger partial charge in [-0.25, -0.2) is 9.59 Å². The van der Waals surface area contributed by atoms with Gasteiger partial charge in [-0.1, -0.05) is 54.6 Å². The quantitative estimate of drug-likeness (QED) is 0.674. The maximum atomic E-state index is 12.9. The fourth-order valence-electron chi connectivity index (χ4n) is 4.73. The van der Waals surface area contributed by atoms with Crippen molar-refractivity contribution in [2.75, 3.05) is 19.7 Å². The van der Waals surface area contributed by atoms with Gasteiger partial charge in [-0.2, -0.15) is 0 Å². The zero-order valence-electron chi connectivity index (χ0n) is 17.1. The summed E-state index contributed by atoms with van der Waals surface area (Å²) in [6, 6.07) is 21.8. The standard InChI is InChI=1S/C26H23NO4/c28-25(29)19-10-9-17-11-13-27(14-12-18(17)15-19)26(30)31-16-24-22-7-3-1-5-20(22)21-6-2-4-8-23(21)24/h1-10,15,24H,11-14,16H2,(H,28,29). The highest BCUT2D eigenvalue weighted by Gasteiger charge is 2.30. The molecule has 1 aliphatic heterocycles. The van der Waals surface area contributed by atoms with Gasteiger partial charge in [-0.3, -0.25) is 0 Å². The van der Waals surface area contributed by atoms with Gasteiger partial charge in [0.15, 0.2) is 0 Å². The van der Waals surface area contributed by atoms with Gasteiger partial charge in [0.25, 0.3) is 0 Å². The van der Waals surface area contributed by atoms with E-state index in [1.165, 1.54) is 22.3 Å². The van der Waals surface area contributed by atoms with Crippen molar-refractivity contribution in [3.05, 3.63) is 94.5 Å². The lowest BCUT2D eigenvalue weighted by Gasteiger charge is -2.21. The number of fused-ring (bicyclic) bond motifs is 4. The first-order valence-corrected chi connectivity index (χ1v) is 10.6. The normalized spacial score (nSPS) is 14.9. The Morgan fingerprint density at radius 2 is 1.48 bits per heavy atom. The average Bonchev–Trinajstić information content (AvgIpc) is 2.95. The van der Waals surface area contributed by atoms with Crippen LogP contribution in [0.5, 0.6) is 0 Å². The predicted octanol–water partition coefficient (Wildman–Crippen LogP) is 4.73. The van der Waals surface area contributed by atoms with Gasteiger partial charge in [0.2, 0.25) is 0 Å². The zero-order valence-corrected chi connectivity index (χ0v) is 17.1. The number of ether oxygens (including phenoxy) is 1. The molecular formula is C26H23NO4. The van der Waals surface area contributed by atoms with E-state index in [1.54, 1.807) is 17.0 Å². The van der Waals surface area contributed by atoms with Gasteiger partial charge in [-0.15, -0.1) is 0 Å².